The largest absolute Gasteiger partial charge is 0.374 e. The van der Waals surface area contributed by atoms with Gasteiger partial charge in [-0.2, -0.15) is 5.10 Å². The number of pyridine rings is 1. The van der Waals surface area contributed by atoms with Crippen molar-refractivity contribution >= 4 is 23.2 Å². The number of ether oxygens (including phenoxy) is 1. The molecule has 4 aromatic rings. The van der Waals surface area contributed by atoms with Crippen molar-refractivity contribution in [1.82, 2.24) is 20.1 Å². The van der Waals surface area contributed by atoms with Gasteiger partial charge in [-0.25, -0.2) is 4.39 Å². The number of hydrogen-bond acceptors (Lipinski definition) is 6. The molecule has 2 aliphatic heterocycles. The van der Waals surface area contributed by atoms with Gasteiger partial charge in [0, 0.05) is 42.5 Å². The molecule has 9 nitrogen and oxygen atoms in total. The number of anilines is 2. The average molecular weight is 635 g/mol. The highest BCUT2D eigenvalue weighted by Crippen LogP contribution is 2.47. The molecule has 2 aromatic heterocycles. The van der Waals surface area contributed by atoms with E-state index in [-0.39, 0.29) is 36.7 Å². The van der Waals surface area contributed by atoms with Crippen molar-refractivity contribution in [2.45, 2.75) is 68.8 Å². The number of hydrogen-bond donors (Lipinski definition) is 2. The molecule has 2 bridgehead atoms. The predicted octanol–water partition coefficient (Wildman–Crippen LogP) is 5.55. The molecule has 4 atom stereocenters. The Balaban J connectivity index is 1.08. The molecule has 4 aliphatic rings. The Hall–Kier alpha value is -4.57. The SMILES string of the molecule is Cc1cnn(C)c1-c1ccc(NC(=O)[C@@H](NC(=O)C2(F)CC2)[C@@H](c2cccc(-c3cncc(N4C[C@@H]5C[C@H]4CO5)c3)c2)C2CC2)cc1. The summed E-state index contributed by atoms with van der Waals surface area (Å²) in [5.74, 6) is -1.19. The summed E-state index contributed by atoms with van der Waals surface area (Å²) in [7, 11) is 1.90. The molecule has 242 valence electrons. The number of nitrogens with one attached hydrogen (secondary N) is 2. The first kappa shape index (κ1) is 29.8. The molecule has 2 saturated heterocycles. The fourth-order valence-corrected chi connectivity index (χ4v) is 7.40. The van der Waals surface area contributed by atoms with Crippen LogP contribution in [0.25, 0.3) is 22.4 Å². The zero-order chi connectivity index (χ0) is 32.3. The fraction of sp³-hybridized carbons (Fsp3) is 0.405. The monoisotopic (exact) mass is 634 g/mol. The summed E-state index contributed by atoms with van der Waals surface area (Å²) in [6.45, 7) is 3.63. The molecule has 2 aliphatic carbocycles. The Labute approximate surface area is 273 Å². The van der Waals surface area contributed by atoms with Crippen molar-refractivity contribution < 1.29 is 18.7 Å². The molecule has 4 heterocycles. The van der Waals surface area contributed by atoms with Crippen LogP contribution in [0.5, 0.6) is 0 Å². The molecule has 47 heavy (non-hydrogen) atoms. The Morgan fingerprint density at radius 1 is 1.02 bits per heavy atom. The number of aromatic nitrogens is 3. The van der Waals surface area contributed by atoms with Crippen LogP contribution in [-0.2, 0) is 21.4 Å². The van der Waals surface area contributed by atoms with Crippen molar-refractivity contribution in [3.05, 3.63) is 84.3 Å². The van der Waals surface area contributed by atoms with Gasteiger partial charge >= 0.3 is 0 Å². The number of aryl methyl sites for hydroxylation is 2. The zero-order valence-electron chi connectivity index (χ0n) is 26.7. The van der Waals surface area contributed by atoms with E-state index in [1.807, 2.05) is 79.7 Å². The van der Waals surface area contributed by atoms with E-state index in [2.05, 4.69) is 37.7 Å². The van der Waals surface area contributed by atoms with E-state index in [4.69, 9.17) is 4.74 Å². The first-order valence-corrected chi connectivity index (χ1v) is 16.6. The second-order valence-electron chi connectivity index (χ2n) is 13.7. The Morgan fingerprint density at radius 2 is 1.83 bits per heavy atom. The van der Waals surface area contributed by atoms with Gasteiger partial charge in [0.2, 0.25) is 5.91 Å². The highest BCUT2D eigenvalue weighted by Gasteiger charge is 2.53. The van der Waals surface area contributed by atoms with Crippen LogP contribution in [-0.4, -0.2) is 63.6 Å². The number of carbonyl (C=O) groups excluding carboxylic acids is 2. The zero-order valence-corrected chi connectivity index (χ0v) is 26.7. The minimum Gasteiger partial charge on any atom is -0.374 e. The number of benzene rings is 2. The number of amides is 2. The van der Waals surface area contributed by atoms with Crippen LogP contribution in [0.4, 0.5) is 15.8 Å². The van der Waals surface area contributed by atoms with E-state index in [9.17, 15) is 9.59 Å². The third kappa shape index (κ3) is 5.79. The van der Waals surface area contributed by atoms with Crippen LogP contribution >= 0.6 is 0 Å². The Bertz CT molecular complexity index is 1810. The number of halogens is 1. The third-order valence-corrected chi connectivity index (χ3v) is 10.3. The molecular weight excluding hydrogens is 595 g/mol. The van der Waals surface area contributed by atoms with Crippen LogP contribution in [0.1, 0.15) is 49.1 Å². The molecule has 8 rings (SSSR count). The van der Waals surface area contributed by atoms with Crippen LogP contribution in [0.15, 0.2) is 73.2 Å². The summed E-state index contributed by atoms with van der Waals surface area (Å²) in [5, 5.41) is 10.2. The lowest BCUT2D eigenvalue weighted by Gasteiger charge is -2.29. The van der Waals surface area contributed by atoms with E-state index in [0.29, 0.717) is 11.7 Å². The van der Waals surface area contributed by atoms with Gasteiger partial charge in [0.15, 0.2) is 5.67 Å². The van der Waals surface area contributed by atoms with Gasteiger partial charge in [-0.15, -0.1) is 0 Å². The Morgan fingerprint density at radius 3 is 2.49 bits per heavy atom. The predicted molar refractivity (Wildman–Crippen MR) is 178 cm³/mol. The molecule has 4 fully saturated rings. The molecule has 2 amide bonds. The first-order chi connectivity index (χ1) is 22.8. The van der Waals surface area contributed by atoms with Crippen molar-refractivity contribution in [2.75, 3.05) is 23.4 Å². The molecule has 10 heteroatoms. The smallest absolute Gasteiger partial charge is 0.258 e. The summed E-state index contributed by atoms with van der Waals surface area (Å²) in [6, 6.07) is 17.3. The molecule has 0 unspecified atom stereocenters. The first-order valence-electron chi connectivity index (χ1n) is 16.6. The van der Waals surface area contributed by atoms with Crippen LogP contribution < -0.4 is 15.5 Å². The summed E-state index contributed by atoms with van der Waals surface area (Å²) in [6.07, 6.45) is 9.16. The second-order valence-corrected chi connectivity index (χ2v) is 13.7. The minimum atomic E-state index is -1.90. The van der Waals surface area contributed by atoms with Gasteiger partial charge in [-0.05, 0) is 79.8 Å². The lowest BCUT2D eigenvalue weighted by molar-refractivity contribution is -0.131. The highest BCUT2D eigenvalue weighted by molar-refractivity contribution is 6.00. The van der Waals surface area contributed by atoms with Crippen molar-refractivity contribution in [1.29, 1.82) is 0 Å². The normalized spacial score (nSPS) is 22.1. The van der Waals surface area contributed by atoms with Crippen LogP contribution in [0.3, 0.4) is 0 Å². The maximum atomic E-state index is 15.0. The van der Waals surface area contributed by atoms with Crippen LogP contribution in [0.2, 0.25) is 0 Å². The number of carbonyl (C=O) groups is 2. The van der Waals surface area contributed by atoms with E-state index in [1.54, 1.807) is 0 Å². The van der Waals surface area contributed by atoms with Gasteiger partial charge < -0.3 is 20.3 Å². The van der Waals surface area contributed by atoms with Gasteiger partial charge in [0.1, 0.15) is 6.04 Å². The van der Waals surface area contributed by atoms with Gasteiger partial charge in [-0.1, -0.05) is 36.4 Å². The number of alkyl halides is 1. The number of nitrogens with zero attached hydrogens (tertiary/aromatic N) is 4. The maximum Gasteiger partial charge on any atom is 0.258 e. The fourth-order valence-electron chi connectivity index (χ4n) is 7.40. The second kappa shape index (κ2) is 11.6. The molecule has 2 saturated carbocycles. The standard InChI is InChI=1S/C37H39FN6O3/c1-22-17-40-43(2)34(22)24-8-10-28(11-9-24)41-35(45)33(42-36(46)37(38)12-13-37)32(23-6-7-23)26-5-3-4-25(14-26)27-15-29(19-39-18-27)44-20-31-16-30(44)21-47-31/h3-5,8-11,14-15,17-19,23,30-33H,6-7,12-13,16,20-21H2,1-2H3,(H,41,45)(H,42,46)/t30-,31-,32+,33-/m0/s1. The summed E-state index contributed by atoms with van der Waals surface area (Å²) < 4.78 is 22.6. The van der Waals surface area contributed by atoms with E-state index in [0.717, 1.165) is 71.6 Å². The third-order valence-electron chi connectivity index (χ3n) is 10.3. The lowest BCUT2D eigenvalue weighted by atomic mass is 9.85. The lowest BCUT2D eigenvalue weighted by Crippen LogP contribution is -2.51. The Kier molecular flexibility index (Phi) is 7.35. The van der Waals surface area contributed by atoms with Gasteiger partial charge in [-0.3, -0.25) is 19.3 Å². The highest BCUT2D eigenvalue weighted by atomic mass is 19.1. The topological polar surface area (TPSA) is 101 Å². The van der Waals surface area contributed by atoms with E-state index in [1.165, 1.54) is 0 Å². The molecular formula is C37H39FN6O3. The molecule has 2 N–H and O–H groups in total. The van der Waals surface area contributed by atoms with Gasteiger partial charge in [0.05, 0.1) is 42.5 Å². The van der Waals surface area contributed by atoms with Crippen molar-refractivity contribution in [3.8, 4) is 22.4 Å². The van der Waals surface area contributed by atoms with Gasteiger partial charge in [0.25, 0.3) is 5.91 Å². The maximum absolute atomic E-state index is 15.0. The number of morpholine rings is 1. The minimum absolute atomic E-state index is 0.180. The number of rotatable bonds is 10. The average Bonchev–Trinajstić information content (AvgIpc) is 3.94. The van der Waals surface area contributed by atoms with Crippen LogP contribution in [0, 0.1) is 12.8 Å². The quantitative estimate of drug-likeness (QED) is 0.237. The summed E-state index contributed by atoms with van der Waals surface area (Å²) >= 11 is 0. The molecule has 0 radical (unpaired) electrons. The molecule has 0 spiro atoms. The molecule has 2 aromatic carbocycles. The van der Waals surface area contributed by atoms with E-state index >= 15 is 4.39 Å². The van der Waals surface area contributed by atoms with Crippen molar-refractivity contribution in [3.63, 3.8) is 0 Å². The van der Waals surface area contributed by atoms with E-state index < -0.39 is 17.6 Å². The number of fused-ring (bicyclic) bond motifs is 2. The van der Waals surface area contributed by atoms with Crippen molar-refractivity contribution in [2.24, 2.45) is 13.0 Å². The summed E-state index contributed by atoms with van der Waals surface area (Å²) in [5.41, 5.74) is 5.73. The summed E-state index contributed by atoms with van der Waals surface area (Å²) in [4.78, 5) is 34.2.